The Labute approximate surface area is 134 Å². The molecule has 0 saturated carbocycles. The number of rotatable bonds is 4. The quantitative estimate of drug-likeness (QED) is 0.916. The number of hydrogen-bond donors (Lipinski definition) is 1. The van der Waals surface area contributed by atoms with Gasteiger partial charge in [-0.2, -0.15) is 5.10 Å². The van der Waals surface area contributed by atoms with Crippen LogP contribution in [-0.2, 0) is 17.6 Å². The Morgan fingerprint density at radius 3 is 2.91 bits per heavy atom. The molecular weight excluding hydrogens is 298 g/mol. The summed E-state index contributed by atoms with van der Waals surface area (Å²) in [5, 5.41) is 11.0. The summed E-state index contributed by atoms with van der Waals surface area (Å²) in [6.45, 7) is 7.14. The molecule has 124 valence electrons. The van der Waals surface area contributed by atoms with Crippen LogP contribution in [0, 0.1) is 6.92 Å². The molecule has 0 radical (unpaired) electrons. The molecular formula is C15H21N5O3. The second kappa shape index (κ2) is 6.49. The molecule has 1 fully saturated rings. The van der Waals surface area contributed by atoms with Crippen molar-refractivity contribution >= 4 is 5.91 Å². The van der Waals surface area contributed by atoms with Crippen LogP contribution < -0.4 is 0 Å². The maximum atomic E-state index is 12.8. The van der Waals surface area contributed by atoms with Crippen LogP contribution in [0.25, 0.3) is 0 Å². The number of carbonyl (C=O) groups excluding carboxylic acids is 1. The Balaban J connectivity index is 1.77. The Kier molecular flexibility index (Phi) is 4.42. The summed E-state index contributed by atoms with van der Waals surface area (Å²) in [5.41, 5.74) is 1.26. The highest BCUT2D eigenvalue weighted by Crippen LogP contribution is 2.23. The molecule has 8 heteroatoms. The molecule has 2 aromatic heterocycles. The molecule has 0 aromatic carbocycles. The summed E-state index contributed by atoms with van der Waals surface area (Å²) in [4.78, 5) is 19.0. The zero-order valence-corrected chi connectivity index (χ0v) is 13.6. The van der Waals surface area contributed by atoms with Crippen LogP contribution in [0.5, 0.6) is 0 Å². The Morgan fingerprint density at radius 1 is 1.39 bits per heavy atom. The fourth-order valence-electron chi connectivity index (χ4n) is 2.69. The molecule has 0 aliphatic carbocycles. The van der Waals surface area contributed by atoms with E-state index in [-0.39, 0.29) is 12.0 Å². The third kappa shape index (κ3) is 2.98. The van der Waals surface area contributed by atoms with Gasteiger partial charge in [-0.15, -0.1) is 0 Å². The Bertz CT molecular complexity index is 693. The van der Waals surface area contributed by atoms with Crippen molar-refractivity contribution in [1.29, 1.82) is 0 Å². The van der Waals surface area contributed by atoms with E-state index in [2.05, 4.69) is 20.3 Å². The minimum Gasteiger partial charge on any atom is -0.366 e. The van der Waals surface area contributed by atoms with Gasteiger partial charge in [-0.05, 0) is 13.3 Å². The molecule has 8 nitrogen and oxygen atoms in total. The first-order chi connectivity index (χ1) is 11.1. The summed E-state index contributed by atoms with van der Waals surface area (Å²) in [6.07, 6.45) is 1.13. The fraction of sp³-hybridized carbons (Fsp3) is 0.600. The van der Waals surface area contributed by atoms with E-state index in [1.165, 1.54) is 0 Å². The normalized spacial score (nSPS) is 18.4. The van der Waals surface area contributed by atoms with Crippen molar-refractivity contribution in [2.75, 3.05) is 19.7 Å². The summed E-state index contributed by atoms with van der Waals surface area (Å²) < 4.78 is 10.9. The number of amides is 1. The predicted molar refractivity (Wildman–Crippen MR) is 81.0 cm³/mol. The van der Waals surface area contributed by atoms with Gasteiger partial charge in [0, 0.05) is 13.0 Å². The van der Waals surface area contributed by atoms with Gasteiger partial charge in [0.25, 0.3) is 5.91 Å². The lowest BCUT2D eigenvalue weighted by atomic mass is 10.1. The van der Waals surface area contributed by atoms with Crippen LogP contribution >= 0.6 is 0 Å². The van der Waals surface area contributed by atoms with Crippen LogP contribution in [0.3, 0.4) is 0 Å². The number of aromatic nitrogens is 4. The van der Waals surface area contributed by atoms with E-state index >= 15 is 0 Å². The van der Waals surface area contributed by atoms with Gasteiger partial charge in [0.2, 0.25) is 0 Å². The van der Waals surface area contributed by atoms with Crippen molar-refractivity contribution in [2.24, 2.45) is 0 Å². The number of nitrogens with one attached hydrogen (secondary N) is 1. The number of nitrogens with zero attached hydrogens (tertiary/aromatic N) is 4. The standard InChI is InChI=1S/C15H21N5O3/c1-4-10-13(9(3)23-19-10)15(21)20-6-7-22-11(8-20)14-16-12(5-2)17-18-14/h11H,4-8H2,1-3H3,(H,16,17,18)/t11-/m0/s1. The average molecular weight is 319 g/mol. The number of hydrogen-bond acceptors (Lipinski definition) is 6. The third-order valence-corrected chi connectivity index (χ3v) is 4.01. The minimum atomic E-state index is -0.311. The van der Waals surface area contributed by atoms with Crippen LogP contribution in [0.4, 0.5) is 0 Å². The topological polar surface area (TPSA) is 97.1 Å². The predicted octanol–water partition coefficient (Wildman–Crippen LogP) is 1.44. The first kappa shape index (κ1) is 15.7. The van der Waals surface area contributed by atoms with E-state index in [9.17, 15) is 4.79 Å². The van der Waals surface area contributed by atoms with E-state index in [4.69, 9.17) is 9.26 Å². The maximum absolute atomic E-state index is 12.8. The lowest BCUT2D eigenvalue weighted by molar-refractivity contribution is -0.0267. The first-order valence-corrected chi connectivity index (χ1v) is 7.91. The van der Waals surface area contributed by atoms with Gasteiger partial charge in [0.05, 0.1) is 18.8 Å². The summed E-state index contributed by atoms with van der Waals surface area (Å²) in [7, 11) is 0. The van der Waals surface area contributed by atoms with E-state index in [1.54, 1.807) is 11.8 Å². The van der Waals surface area contributed by atoms with Gasteiger partial charge in [-0.3, -0.25) is 9.89 Å². The van der Waals surface area contributed by atoms with Crippen molar-refractivity contribution in [3.05, 3.63) is 28.7 Å². The summed E-state index contributed by atoms with van der Waals surface area (Å²) in [6, 6.07) is 0. The van der Waals surface area contributed by atoms with Gasteiger partial charge in [-0.1, -0.05) is 19.0 Å². The van der Waals surface area contributed by atoms with Gasteiger partial charge in [-0.25, -0.2) is 4.98 Å². The molecule has 0 unspecified atom stereocenters. The van der Waals surface area contributed by atoms with E-state index in [1.807, 2.05) is 13.8 Å². The average Bonchev–Trinajstić information content (AvgIpc) is 3.20. The number of ether oxygens (including phenoxy) is 1. The minimum absolute atomic E-state index is 0.0693. The monoisotopic (exact) mass is 319 g/mol. The lowest BCUT2D eigenvalue weighted by Crippen LogP contribution is -2.43. The number of aromatic amines is 1. The maximum Gasteiger partial charge on any atom is 0.259 e. The molecule has 23 heavy (non-hydrogen) atoms. The number of carbonyl (C=O) groups is 1. The van der Waals surface area contributed by atoms with Gasteiger partial charge >= 0.3 is 0 Å². The molecule has 3 heterocycles. The highest BCUT2D eigenvalue weighted by Gasteiger charge is 2.31. The first-order valence-electron chi connectivity index (χ1n) is 7.91. The van der Waals surface area contributed by atoms with Crippen molar-refractivity contribution in [2.45, 2.75) is 39.7 Å². The fourth-order valence-corrected chi connectivity index (χ4v) is 2.69. The molecule has 2 aromatic rings. The van der Waals surface area contributed by atoms with Crippen LogP contribution in [0.1, 0.15) is 53.4 Å². The van der Waals surface area contributed by atoms with Gasteiger partial charge in [0.1, 0.15) is 23.3 Å². The van der Waals surface area contributed by atoms with Gasteiger partial charge < -0.3 is 14.2 Å². The van der Waals surface area contributed by atoms with Crippen LogP contribution in [-0.4, -0.2) is 50.8 Å². The van der Waals surface area contributed by atoms with Crippen molar-refractivity contribution < 1.29 is 14.1 Å². The summed E-state index contributed by atoms with van der Waals surface area (Å²) >= 11 is 0. The van der Waals surface area contributed by atoms with Crippen LogP contribution in [0.2, 0.25) is 0 Å². The highest BCUT2D eigenvalue weighted by molar-refractivity contribution is 5.96. The summed E-state index contributed by atoms with van der Waals surface area (Å²) in [5.74, 6) is 1.90. The Morgan fingerprint density at radius 2 is 2.22 bits per heavy atom. The largest absolute Gasteiger partial charge is 0.366 e. The van der Waals surface area contributed by atoms with Crippen LogP contribution in [0.15, 0.2) is 4.52 Å². The molecule has 1 saturated heterocycles. The third-order valence-electron chi connectivity index (χ3n) is 4.01. The zero-order valence-electron chi connectivity index (χ0n) is 13.6. The van der Waals surface area contributed by atoms with Crippen molar-refractivity contribution in [1.82, 2.24) is 25.2 Å². The number of morpholine rings is 1. The molecule has 1 N–H and O–H groups in total. The highest BCUT2D eigenvalue weighted by atomic mass is 16.5. The molecule has 1 amide bonds. The molecule has 1 aliphatic heterocycles. The SMILES string of the molecule is CCc1nc([C@@H]2CN(C(=O)c3c(CC)noc3C)CCO2)n[nH]1. The molecule has 0 spiro atoms. The molecule has 3 rings (SSSR count). The number of H-pyrrole nitrogens is 1. The lowest BCUT2D eigenvalue weighted by Gasteiger charge is -2.31. The zero-order chi connectivity index (χ0) is 16.4. The Hall–Kier alpha value is -2.22. The second-order valence-corrected chi connectivity index (χ2v) is 5.52. The molecule has 0 bridgehead atoms. The van der Waals surface area contributed by atoms with E-state index in [0.29, 0.717) is 49.0 Å². The molecule has 1 atom stereocenters. The molecule has 1 aliphatic rings. The van der Waals surface area contributed by atoms with Gasteiger partial charge in [0.15, 0.2) is 5.82 Å². The van der Waals surface area contributed by atoms with Crippen molar-refractivity contribution in [3.8, 4) is 0 Å². The number of aryl methyl sites for hydroxylation is 3. The smallest absolute Gasteiger partial charge is 0.259 e. The second-order valence-electron chi connectivity index (χ2n) is 5.52. The van der Waals surface area contributed by atoms with E-state index < -0.39 is 0 Å². The van der Waals surface area contributed by atoms with E-state index in [0.717, 1.165) is 12.2 Å². The van der Waals surface area contributed by atoms with Crippen molar-refractivity contribution in [3.63, 3.8) is 0 Å².